The van der Waals surface area contributed by atoms with Crippen LogP contribution >= 0.6 is 0 Å². The van der Waals surface area contributed by atoms with E-state index >= 15 is 0 Å². The van der Waals surface area contributed by atoms with Crippen LogP contribution in [0.25, 0.3) is 0 Å². The fraction of sp³-hybridized carbons (Fsp3) is 0.846. The standard InChI is InChI=1S/C8H19N.C5H9NO4/c1-3-5-7-9-8-6-4-2;6-3(5(9)10)1-2-4(7)8/h9H,3-8H2,1-2H3;3H,1-2,6H2,(H,7,8)(H,9,10). The van der Waals surface area contributed by atoms with Gasteiger partial charge in [-0.3, -0.25) is 9.59 Å². The summed E-state index contributed by atoms with van der Waals surface area (Å²) < 4.78 is 0. The molecule has 114 valence electrons. The smallest absolute Gasteiger partial charge is 0.320 e. The largest absolute Gasteiger partial charge is 0.481 e. The molecule has 0 bridgehead atoms. The Bertz CT molecular complexity index is 229. The van der Waals surface area contributed by atoms with Gasteiger partial charge in [-0.05, 0) is 32.4 Å². The molecule has 6 heteroatoms. The number of carbonyl (C=O) groups is 2. The van der Waals surface area contributed by atoms with Crippen molar-refractivity contribution >= 4 is 11.9 Å². The molecule has 1 atom stereocenters. The first-order valence-corrected chi connectivity index (χ1v) is 6.86. The van der Waals surface area contributed by atoms with Gasteiger partial charge in [-0.25, -0.2) is 0 Å². The Morgan fingerprint density at radius 1 is 1.11 bits per heavy atom. The number of unbranched alkanes of at least 4 members (excludes halogenated alkanes) is 2. The summed E-state index contributed by atoms with van der Waals surface area (Å²) in [6, 6.07) is -1.06. The van der Waals surface area contributed by atoms with E-state index < -0.39 is 18.0 Å². The molecule has 1 unspecified atom stereocenters. The molecule has 0 saturated heterocycles. The van der Waals surface area contributed by atoms with E-state index in [-0.39, 0.29) is 12.8 Å². The fourth-order valence-corrected chi connectivity index (χ4v) is 1.13. The molecule has 19 heavy (non-hydrogen) atoms. The van der Waals surface area contributed by atoms with Gasteiger partial charge >= 0.3 is 11.9 Å². The lowest BCUT2D eigenvalue weighted by atomic mass is 10.2. The highest BCUT2D eigenvalue weighted by molar-refractivity contribution is 5.74. The highest BCUT2D eigenvalue weighted by atomic mass is 16.4. The summed E-state index contributed by atoms with van der Waals surface area (Å²) in [6.07, 6.45) is 5.03. The number of carboxylic acid groups (broad SMARTS) is 2. The molecule has 0 spiro atoms. The maximum atomic E-state index is 9.99. The second kappa shape index (κ2) is 14.9. The van der Waals surface area contributed by atoms with Crippen molar-refractivity contribution in [2.45, 2.75) is 58.4 Å². The second-order valence-electron chi connectivity index (χ2n) is 4.33. The number of rotatable bonds is 10. The molecular formula is C13H28N2O4. The zero-order valence-corrected chi connectivity index (χ0v) is 12.0. The van der Waals surface area contributed by atoms with Gasteiger partial charge in [0.25, 0.3) is 0 Å². The van der Waals surface area contributed by atoms with E-state index in [4.69, 9.17) is 15.9 Å². The quantitative estimate of drug-likeness (QED) is 0.449. The molecule has 0 aliphatic carbocycles. The summed E-state index contributed by atoms with van der Waals surface area (Å²) in [5.74, 6) is -2.20. The monoisotopic (exact) mass is 276 g/mol. The van der Waals surface area contributed by atoms with Crippen LogP contribution in [0, 0.1) is 0 Å². The Balaban J connectivity index is 0. The van der Waals surface area contributed by atoms with Gasteiger partial charge in [0, 0.05) is 6.42 Å². The zero-order chi connectivity index (χ0) is 15.1. The van der Waals surface area contributed by atoms with Crippen LogP contribution in [-0.2, 0) is 9.59 Å². The molecule has 0 rings (SSSR count). The molecule has 0 saturated carbocycles. The molecule has 0 aromatic heterocycles. The first-order valence-electron chi connectivity index (χ1n) is 6.86. The van der Waals surface area contributed by atoms with Crippen LogP contribution in [0.3, 0.4) is 0 Å². The van der Waals surface area contributed by atoms with Gasteiger partial charge in [0.05, 0.1) is 0 Å². The fourth-order valence-electron chi connectivity index (χ4n) is 1.13. The van der Waals surface area contributed by atoms with Crippen LogP contribution in [0.5, 0.6) is 0 Å². The predicted molar refractivity (Wildman–Crippen MR) is 75.2 cm³/mol. The number of nitrogens with two attached hydrogens (primary N) is 1. The molecule has 0 amide bonds. The molecule has 0 aliphatic rings. The van der Waals surface area contributed by atoms with E-state index in [9.17, 15) is 9.59 Å². The minimum Gasteiger partial charge on any atom is -0.481 e. The SMILES string of the molecule is CCCCNCCCC.NC(CCC(=O)O)C(=O)O. The minimum absolute atomic E-state index is 0.0231. The highest BCUT2D eigenvalue weighted by Gasteiger charge is 2.12. The van der Waals surface area contributed by atoms with Gasteiger partial charge < -0.3 is 21.3 Å². The van der Waals surface area contributed by atoms with Crippen molar-refractivity contribution in [3.63, 3.8) is 0 Å². The first-order chi connectivity index (χ1) is 8.95. The van der Waals surface area contributed by atoms with Crippen molar-refractivity contribution in [3.8, 4) is 0 Å². The van der Waals surface area contributed by atoms with E-state index in [0.29, 0.717) is 0 Å². The van der Waals surface area contributed by atoms with Crippen LogP contribution in [0.1, 0.15) is 52.4 Å². The van der Waals surface area contributed by atoms with Crippen molar-refractivity contribution in [2.75, 3.05) is 13.1 Å². The summed E-state index contributed by atoms with van der Waals surface area (Å²) in [5.41, 5.74) is 5.00. The van der Waals surface area contributed by atoms with Crippen LogP contribution < -0.4 is 11.1 Å². The van der Waals surface area contributed by atoms with E-state index in [1.807, 2.05) is 0 Å². The summed E-state index contributed by atoms with van der Waals surface area (Å²) in [7, 11) is 0. The number of nitrogens with one attached hydrogen (secondary N) is 1. The van der Waals surface area contributed by atoms with Crippen LogP contribution in [0.15, 0.2) is 0 Å². The van der Waals surface area contributed by atoms with E-state index in [0.717, 1.165) is 0 Å². The maximum absolute atomic E-state index is 9.99. The molecule has 5 N–H and O–H groups in total. The maximum Gasteiger partial charge on any atom is 0.320 e. The Kier molecular flexibility index (Phi) is 15.8. The molecule has 0 aliphatic heterocycles. The minimum atomic E-state index is -1.17. The number of carboxylic acids is 2. The summed E-state index contributed by atoms with van der Waals surface area (Å²) in [4.78, 5) is 19.9. The molecule has 0 fully saturated rings. The van der Waals surface area contributed by atoms with Crippen molar-refractivity contribution in [2.24, 2.45) is 5.73 Å². The lowest BCUT2D eigenvalue weighted by molar-refractivity contribution is -0.139. The van der Waals surface area contributed by atoms with Gasteiger partial charge in [-0.2, -0.15) is 0 Å². The lowest BCUT2D eigenvalue weighted by Crippen LogP contribution is -2.30. The lowest BCUT2D eigenvalue weighted by Gasteiger charge is -2.01. The molecule has 0 aromatic rings. The summed E-state index contributed by atoms with van der Waals surface area (Å²) in [5, 5.41) is 19.7. The zero-order valence-electron chi connectivity index (χ0n) is 12.0. The van der Waals surface area contributed by atoms with Gasteiger partial charge in [-0.15, -0.1) is 0 Å². The van der Waals surface area contributed by atoms with Crippen LogP contribution in [0.2, 0.25) is 0 Å². The highest BCUT2D eigenvalue weighted by Crippen LogP contribution is 1.93. The first kappa shape index (κ1) is 20.2. The van der Waals surface area contributed by atoms with Crippen molar-refractivity contribution in [1.82, 2.24) is 5.32 Å². The van der Waals surface area contributed by atoms with Crippen molar-refractivity contribution in [1.29, 1.82) is 0 Å². The van der Waals surface area contributed by atoms with Gasteiger partial charge in [0.15, 0.2) is 0 Å². The molecule has 0 heterocycles. The van der Waals surface area contributed by atoms with Gasteiger partial charge in [-0.1, -0.05) is 26.7 Å². The average Bonchev–Trinajstić information content (AvgIpc) is 2.36. The third-order valence-electron chi connectivity index (χ3n) is 2.40. The van der Waals surface area contributed by atoms with Crippen LogP contribution in [-0.4, -0.2) is 41.3 Å². The topological polar surface area (TPSA) is 113 Å². The number of hydrogen-bond acceptors (Lipinski definition) is 4. The third kappa shape index (κ3) is 19.4. The van der Waals surface area contributed by atoms with Crippen LogP contribution in [0.4, 0.5) is 0 Å². The molecule has 0 aromatic carbocycles. The normalized spacial score (nSPS) is 11.3. The number of aliphatic carboxylic acids is 2. The van der Waals surface area contributed by atoms with Gasteiger partial charge in [0.2, 0.25) is 0 Å². The Morgan fingerprint density at radius 3 is 1.89 bits per heavy atom. The van der Waals surface area contributed by atoms with Crippen molar-refractivity contribution < 1.29 is 19.8 Å². The van der Waals surface area contributed by atoms with E-state index in [2.05, 4.69) is 19.2 Å². The predicted octanol–water partition coefficient (Wildman–Crippen LogP) is 1.44. The third-order valence-corrected chi connectivity index (χ3v) is 2.40. The molecule has 6 nitrogen and oxygen atoms in total. The Morgan fingerprint density at radius 2 is 1.58 bits per heavy atom. The number of hydrogen-bond donors (Lipinski definition) is 4. The van der Waals surface area contributed by atoms with Crippen molar-refractivity contribution in [3.05, 3.63) is 0 Å². The van der Waals surface area contributed by atoms with E-state index in [1.54, 1.807) is 0 Å². The molecular weight excluding hydrogens is 248 g/mol. The molecule has 0 radical (unpaired) electrons. The van der Waals surface area contributed by atoms with E-state index in [1.165, 1.54) is 38.8 Å². The van der Waals surface area contributed by atoms with Gasteiger partial charge in [0.1, 0.15) is 6.04 Å². The summed E-state index contributed by atoms with van der Waals surface area (Å²) in [6.45, 7) is 6.86. The summed E-state index contributed by atoms with van der Waals surface area (Å²) >= 11 is 0. The Hall–Kier alpha value is -1.14. The second-order valence-corrected chi connectivity index (χ2v) is 4.33. The average molecular weight is 276 g/mol. The Labute approximate surface area is 115 Å².